The molecule has 0 saturated carbocycles. The number of nitrogens with zero attached hydrogens (tertiary/aromatic N) is 2. The van der Waals surface area contributed by atoms with Gasteiger partial charge in [-0.25, -0.2) is 9.97 Å². The zero-order valence-electron chi connectivity index (χ0n) is 10.4. The van der Waals surface area contributed by atoms with E-state index < -0.39 is 0 Å². The number of amides is 1. The van der Waals surface area contributed by atoms with Crippen molar-refractivity contribution in [3.05, 3.63) is 16.5 Å². The highest BCUT2D eigenvalue weighted by atomic mass is 35.5. The lowest BCUT2D eigenvalue weighted by Gasteiger charge is -2.04. The molecule has 18 heavy (non-hydrogen) atoms. The summed E-state index contributed by atoms with van der Waals surface area (Å²) >= 11 is 11.3. The molecule has 1 heterocycles. The lowest BCUT2D eigenvalue weighted by atomic mass is 10.1. The summed E-state index contributed by atoms with van der Waals surface area (Å²) in [5.74, 6) is 0.274. The van der Waals surface area contributed by atoms with Gasteiger partial charge in [0.25, 0.3) is 0 Å². The van der Waals surface area contributed by atoms with Crippen LogP contribution < -0.4 is 5.32 Å². The van der Waals surface area contributed by atoms with E-state index in [1.54, 1.807) is 0 Å². The minimum atomic E-state index is -0.0719. The molecule has 1 aromatic rings. The van der Waals surface area contributed by atoms with E-state index in [0.717, 1.165) is 12.8 Å². The van der Waals surface area contributed by atoms with E-state index in [2.05, 4.69) is 22.2 Å². The van der Waals surface area contributed by atoms with E-state index in [4.69, 9.17) is 23.2 Å². The van der Waals surface area contributed by atoms with Crippen molar-refractivity contribution in [3.8, 4) is 0 Å². The smallest absolute Gasteiger partial charge is 0.225 e. The lowest BCUT2D eigenvalue weighted by molar-refractivity contribution is -0.116. The van der Waals surface area contributed by atoms with Gasteiger partial charge in [0.1, 0.15) is 11.0 Å². The summed E-state index contributed by atoms with van der Waals surface area (Å²) in [5.41, 5.74) is 0. The van der Waals surface area contributed by atoms with Gasteiger partial charge in [0.15, 0.2) is 0 Å². The third-order valence-corrected chi connectivity index (χ3v) is 2.81. The molecule has 0 spiro atoms. The Kier molecular flexibility index (Phi) is 6.98. The van der Waals surface area contributed by atoms with Crippen LogP contribution in [0.25, 0.3) is 0 Å². The number of rotatable bonds is 7. The molecule has 0 unspecified atom stereocenters. The van der Waals surface area contributed by atoms with E-state index in [-0.39, 0.29) is 16.3 Å². The molecule has 0 saturated heterocycles. The van der Waals surface area contributed by atoms with Crippen LogP contribution in [-0.4, -0.2) is 15.9 Å². The van der Waals surface area contributed by atoms with Crippen molar-refractivity contribution in [3.63, 3.8) is 0 Å². The molecule has 0 radical (unpaired) electrons. The van der Waals surface area contributed by atoms with Crippen LogP contribution in [0.2, 0.25) is 10.4 Å². The van der Waals surface area contributed by atoms with Crippen molar-refractivity contribution in [1.82, 2.24) is 9.97 Å². The van der Waals surface area contributed by atoms with Gasteiger partial charge in [0.05, 0.1) is 0 Å². The second-order valence-corrected chi connectivity index (χ2v) is 4.78. The average Bonchev–Trinajstić information content (AvgIpc) is 2.27. The molecule has 1 N–H and O–H groups in total. The lowest BCUT2D eigenvalue weighted by Crippen LogP contribution is -2.12. The van der Waals surface area contributed by atoms with E-state index >= 15 is 0 Å². The molecule has 0 atom stereocenters. The zero-order chi connectivity index (χ0) is 13.4. The molecular weight excluding hydrogens is 273 g/mol. The molecule has 1 amide bonds. The molecule has 0 aliphatic carbocycles. The highest BCUT2D eigenvalue weighted by molar-refractivity contribution is 6.32. The van der Waals surface area contributed by atoms with Gasteiger partial charge in [-0.3, -0.25) is 4.79 Å². The largest absolute Gasteiger partial charge is 0.311 e. The van der Waals surface area contributed by atoms with Gasteiger partial charge in [0.2, 0.25) is 11.2 Å². The fourth-order valence-electron chi connectivity index (χ4n) is 1.55. The van der Waals surface area contributed by atoms with Crippen LogP contribution >= 0.6 is 23.2 Å². The van der Waals surface area contributed by atoms with E-state index in [9.17, 15) is 4.79 Å². The Balaban J connectivity index is 2.31. The third-order valence-electron chi connectivity index (χ3n) is 2.44. The summed E-state index contributed by atoms with van der Waals surface area (Å²) in [6.07, 6.45) is 6.05. The number of halogens is 2. The molecule has 0 fully saturated rings. The Morgan fingerprint density at radius 2 is 1.94 bits per heavy atom. The van der Waals surface area contributed by atoms with Crippen LogP contribution in [0.4, 0.5) is 5.82 Å². The van der Waals surface area contributed by atoms with Gasteiger partial charge < -0.3 is 5.32 Å². The predicted octanol–water partition coefficient (Wildman–Crippen LogP) is 4.08. The summed E-state index contributed by atoms with van der Waals surface area (Å²) in [6, 6.07) is 1.47. The first kappa shape index (κ1) is 15.2. The van der Waals surface area contributed by atoms with Crippen molar-refractivity contribution in [2.45, 2.75) is 45.4 Å². The monoisotopic (exact) mass is 289 g/mol. The SMILES string of the molecule is CCCCCCCC(=O)Nc1cc(Cl)nc(Cl)n1. The van der Waals surface area contributed by atoms with Gasteiger partial charge in [0, 0.05) is 12.5 Å². The Morgan fingerprint density at radius 3 is 2.61 bits per heavy atom. The van der Waals surface area contributed by atoms with Gasteiger partial charge in [-0.05, 0) is 18.0 Å². The van der Waals surface area contributed by atoms with Crippen LogP contribution in [0.15, 0.2) is 6.07 Å². The van der Waals surface area contributed by atoms with E-state index in [0.29, 0.717) is 12.2 Å². The molecule has 100 valence electrons. The third kappa shape index (κ3) is 6.17. The summed E-state index contributed by atoms with van der Waals surface area (Å²) in [4.78, 5) is 19.2. The molecule has 0 aliphatic rings. The first-order valence-electron chi connectivity index (χ1n) is 6.11. The summed E-state index contributed by atoms with van der Waals surface area (Å²) in [5, 5.41) is 2.90. The summed E-state index contributed by atoms with van der Waals surface area (Å²) < 4.78 is 0. The molecule has 0 aliphatic heterocycles. The Morgan fingerprint density at radius 1 is 1.22 bits per heavy atom. The van der Waals surface area contributed by atoms with Crippen LogP contribution in [0.1, 0.15) is 45.4 Å². The number of hydrogen-bond donors (Lipinski definition) is 1. The fraction of sp³-hybridized carbons (Fsp3) is 0.583. The van der Waals surface area contributed by atoms with Crippen molar-refractivity contribution in [2.24, 2.45) is 0 Å². The number of carbonyl (C=O) groups excluding carboxylic acids is 1. The zero-order valence-corrected chi connectivity index (χ0v) is 11.9. The minimum absolute atomic E-state index is 0.0285. The van der Waals surface area contributed by atoms with Crippen LogP contribution in [0.3, 0.4) is 0 Å². The maximum atomic E-state index is 11.6. The minimum Gasteiger partial charge on any atom is -0.311 e. The average molecular weight is 290 g/mol. The van der Waals surface area contributed by atoms with E-state index in [1.807, 2.05) is 0 Å². The number of nitrogens with one attached hydrogen (secondary N) is 1. The Bertz CT molecular complexity index is 379. The van der Waals surface area contributed by atoms with Gasteiger partial charge in [-0.1, -0.05) is 44.2 Å². The second-order valence-electron chi connectivity index (χ2n) is 4.06. The number of anilines is 1. The standard InChI is InChI=1S/C12H17Cl2N3O/c1-2-3-4-5-6-7-11(18)16-10-8-9(13)15-12(14)17-10/h8H,2-7H2,1H3,(H,15,16,17,18). The number of carbonyl (C=O) groups is 1. The maximum absolute atomic E-state index is 11.6. The summed E-state index contributed by atoms with van der Waals surface area (Å²) in [7, 11) is 0. The molecule has 0 bridgehead atoms. The number of unbranched alkanes of at least 4 members (excludes halogenated alkanes) is 4. The van der Waals surface area contributed by atoms with Crippen LogP contribution in [0.5, 0.6) is 0 Å². The van der Waals surface area contributed by atoms with Crippen molar-refractivity contribution in [1.29, 1.82) is 0 Å². The topological polar surface area (TPSA) is 54.9 Å². The van der Waals surface area contributed by atoms with Crippen molar-refractivity contribution >= 4 is 34.9 Å². The van der Waals surface area contributed by atoms with Gasteiger partial charge >= 0.3 is 0 Å². The molecule has 0 aromatic carbocycles. The predicted molar refractivity (Wildman–Crippen MR) is 74.1 cm³/mol. The first-order chi connectivity index (χ1) is 8.61. The highest BCUT2D eigenvalue weighted by Gasteiger charge is 2.06. The maximum Gasteiger partial charge on any atom is 0.225 e. The summed E-state index contributed by atoms with van der Waals surface area (Å²) in [6.45, 7) is 2.16. The molecular formula is C12H17Cl2N3O. The molecule has 1 aromatic heterocycles. The van der Waals surface area contributed by atoms with Crippen molar-refractivity contribution < 1.29 is 4.79 Å². The first-order valence-corrected chi connectivity index (χ1v) is 6.87. The van der Waals surface area contributed by atoms with Crippen LogP contribution in [-0.2, 0) is 4.79 Å². The number of aromatic nitrogens is 2. The second kappa shape index (κ2) is 8.27. The fourth-order valence-corrected chi connectivity index (χ4v) is 1.96. The Labute approximate surface area is 117 Å². The Hall–Kier alpha value is -0.870. The molecule has 1 rings (SSSR count). The highest BCUT2D eigenvalue weighted by Crippen LogP contribution is 2.15. The van der Waals surface area contributed by atoms with Gasteiger partial charge in [-0.2, -0.15) is 0 Å². The molecule has 4 nitrogen and oxygen atoms in total. The quantitative estimate of drug-likeness (QED) is 0.467. The van der Waals surface area contributed by atoms with Crippen LogP contribution in [0, 0.1) is 0 Å². The van der Waals surface area contributed by atoms with Gasteiger partial charge in [-0.15, -0.1) is 0 Å². The van der Waals surface area contributed by atoms with Crippen molar-refractivity contribution in [2.75, 3.05) is 5.32 Å². The number of hydrogen-bond acceptors (Lipinski definition) is 3. The normalized spacial score (nSPS) is 10.4. The molecule has 6 heteroatoms. The van der Waals surface area contributed by atoms with E-state index in [1.165, 1.54) is 25.3 Å².